The van der Waals surface area contributed by atoms with Crippen molar-refractivity contribution in [2.45, 2.75) is 84.5 Å². The predicted octanol–water partition coefficient (Wildman–Crippen LogP) is 13.6. The maximum atomic E-state index is 6.81. The van der Waals surface area contributed by atoms with Gasteiger partial charge in [-0.1, -0.05) is 120 Å². The SMILES string of the molecule is CCc1nn(-c2cc(C)cc(Oc3ccc4c5ccccc5n(-c5cc(C(C)(C)C)ccn5)c4c3)c2)c(CC)c1C1C(c2ccccc2)=CCC[C@@H]1c1ccccc1. The highest BCUT2D eigenvalue weighted by atomic mass is 16.5. The van der Waals surface area contributed by atoms with Crippen LogP contribution in [0, 0.1) is 6.92 Å². The van der Waals surface area contributed by atoms with Gasteiger partial charge in [0.15, 0.2) is 0 Å². The van der Waals surface area contributed by atoms with Crippen LogP contribution in [0.4, 0.5) is 0 Å². The van der Waals surface area contributed by atoms with E-state index in [1.165, 1.54) is 44.3 Å². The summed E-state index contributed by atoms with van der Waals surface area (Å²) in [7, 11) is 0. The lowest BCUT2D eigenvalue weighted by Gasteiger charge is -2.34. The van der Waals surface area contributed by atoms with E-state index in [0.717, 1.165) is 71.0 Å². The molecule has 58 heavy (non-hydrogen) atoms. The molecule has 3 heterocycles. The van der Waals surface area contributed by atoms with Crippen LogP contribution < -0.4 is 4.74 Å². The average molecular weight is 761 g/mol. The second-order valence-electron chi connectivity index (χ2n) is 16.8. The van der Waals surface area contributed by atoms with Crippen LogP contribution in [-0.4, -0.2) is 19.3 Å². The molecular formula is C53H52N4O. The first-order chi connectivity index (χ1) is 28.2. The maximum absolute atomic E-state index is 6.81. The fourth-order valence-electron chi connectivity index (χ4n) is 9.28. The van der Waals surface area contributed by atoms with E-state index < -0.39 is 0 Å². The molecular weight excluding hydrogens is 709 g/mol. The van der Waals surface area contributed by atoms with E-state index in [1.807, 2.05) is 6.20 Å². The van der Waals surface area contributed by atoms with Crippen molar-refractivity contribution < 1.29 is 4.74 Å². The molecule has 5 heteroatoms. The van der Waals surface area contributed by atoms with Crippen LogP contribution in [0.5, 0.6) is 11.5 Å². The van der Waals surface area contributed by atoms with E-state index in [0.29, 0.717) is 5.92 Å². The number of aromatic nitrogens is 4. The van der Waals surface area contributed by atoms with Gasteiger partial charge in [-0.3, -0.25) is 4.57 Å². The zero-order valence-corrected chi connectivity index (χ0v) is 34.5. The Kier molecular flexibility index (Phi) is 9.85. The van der Waals surface area contributed by atoms with Gasteiger partial charge in [-0.25, -0.2) is 9.67 Å². The number of para-hydroxylation sites is 1. The monoisotopic (exact) mass is 760 g/mol. The van der Waals surface area contributed by atoms with Crippen molar-refractivity contribution in [3.05, 3.63) is 185 Å². The Morgan fingerprint density at radius 3 is 2.22 bits per heavy atom. The van der Waals surface area contributed by atoms with E-state index in [-0.39, 0.29) is 11.3 Å². The molecule has 0 radical (unpaired) electrons. The third-order valence-electron chi connectivity index (χ3n) is 12.0. The molecule has 0 spiro atoms. The minimum absolute atomic E-state index is 0.000633. The lowest BCUT2D eigenvalue weighted by molar-refractivity contribution is 0.482. The van der Waals surface area contributed by atoms with Gasteiger partial charge in [-0.05, 0) is 114 Å². The molecule has 1 aliphatic carbocycles. The Morgan fingerprint density at radius 2 is 1.47 bits per heavy atom. The molecule has 1 aliphatic rings. The van der Waals surface area contributed by atoms with Gasteiger partial charge in [0.2, 0.25) is 0 Å². The van der Waals surface area contributed by atoms with Crippen molar-refractivity contribution >= 4 is 27.4 Å². The van der Waals surface area contributed by atoms with Gasteiger partial charge in [0.1, 0.15) is 17.3 Å². The summed E-state index contributed by atoms with van der Waals surface area (Å²) in [5.41, 5.74) is 13.5. The molecule has 8 aromatic rings. The summed E-state index contributed by atoms with van der Waals surface area (Å²) in [5.74, 6) is 3.00. The number of hydrogen-bond donors (Lipinski definition) is 0. The van der Waals surface area contributed by atoms with Crippen LogP contribution in [0.2, 0.25) is 0 Å². The number of rotatable bonds is 9. The van der Waals surface area contributed by atoms with E-state index >= 15 is 0 Å². The number of pyridine rings is 1. The fraction of sp³-hybridized carbons (Fsp3) is 0.245. The summed E-state index contributed by atoms with van der Waals surface area (Å²) < 4.78 is 11.3. The normalized spacial score (nSPS) is 15.9. The average Bonchev–Trinajstić information content (AvgIpc) is 3.79. The summed E-state index contributed by atoms with van der Waals surface area (Å²) >= 11 is 0. The smallest absolute Gasteiger partial charge is 0.137 e. The van der Waals surface area contributed by atoms with Gasteiger partial charge >= 0.3 is 0 Å². The largest absolute Gasteiger partial charge is 0.457 e. The first kappa shape index (κ1) is 37.4. The van der Waals surface area contributed by atoms with E-state index in [2.05, 4.69) is 190 Å². The van der Waals surface area contributed by atoms with Gasteiger partial charge in [0, 0.05) is 46.3 Å². The van der Waals surface area contributed by atoms with E-state index in [9.17, 15) is 0 Å². The second-order valence-corrected chi connectivity index (χ2v) is 16.8. The Balaban J connectivity index is 1.14. The van der Waals surface area contributed by atoms with Crippen molar-refractivity contribution in [2.75, 3.05) is 0 Å². The van der Waals surface area contributed by atoms with Gasteiger partial charge in [0.25, 0.3) is 0 Å². The zero-order valence-electron chi connectivity index (χ0n) is 34.5. The molecule has 1 unspecified atom stereocenters. The molecule has 2 atom stereocenters. The first-order valence-electron chi connectivity index (χ1n) is 20.9. The fourth-order valence-corrected chi connectivity index (χ4v) is 9.28. The Morgan fingerprint density at radius 1 is 0.724 bits per heavy atom. The van der Waals surface area contributed by atoms with Crippen LogP contribution in [0.3, 0.4) is 0 Å². The van der Waals surface area contributed by atoms with E-state index in [4.69, 9.17) is 14.8 Å². The van der Waals surface area contributed by atoms with Gasteiger partial charge in [0.05, 0.1) is 22.4 Å². The molecule has 3 aromatic heterocycles. The van der Waals surface area contributed by atoms with Crippen molar-refractivity contribution in [3.63, 3.8) is 0 Å². The van der Waals surface area contributed by atoms with Crippen LogP contribution in [0.15, 0.2) is 146 Å². The molecule has 0 saturated carbocycles. The Hall–Kier alpha value is -6.20. The topological polar surface area (TPSA) is 44.9 Å². The number of aryl methyl sites for hydroxylation is 2. The maximum Gasteiger partial charge on any atom is 0.137 e. The lowest BCUT2D eigenvalue weighted by atomic mass is 9.69. The number of hydrogen-bond acceptors (Lipinski definition) is 3. The number of ether oxygens (including phenoxy) is 1. The number of fused-ring (bicyclic) bond motifs is 3. The van der Waals surface area contributed by atoms with Crippen LogP contribution in [0.1, 0.15) is 98.5 Å². The first-order valence-corrected chi connectivity index (χ1v) is 20.9. The molecule has 0 aliphatic heterocycles. The highest BCUT2D eigenvalue weighted by Crippen LogP contribution is 2.51. The number of allylic oxidation sites excluding steroid dienone is 2. The van der Waals surface area contributed by atoms with Crippen molar-refractivity contribution in [1.82, 2.24) is 19.3 Å². The van der Waals surface area contributed by atoms with Gasteiger partial charge < -0.3 is 4.74 Å². The molecule has 5 aromatic carbocycles. The molecule has 0 amide bonds. The third kappa shape index (κ3) is 6.83. The highest BCUT2D eigenvalue weighted by Gasteiger charge is 2.36. The number of nitrogens with zero attached hydrogens (tertiary/aromatic N) is 4. The third-order valence-corrected chi connectivity index (χ3v) is 12.0. The molecule has 0 N–H and O–H groups in total. The molecule has 5 nitrogen and oxygen atoms in total. The van der Waals surface area contributed by atoms with Crippen LogP contribution >= 0.6 is 0 Å². The van der Waals surface area contributed by atoms with E-state index in [1.54, 1.807) is 0 Å². The van der Waals surface area contributed by atoms with Crippen molar-refractivity contribution in [2.24, 2.45) is 0 Å². The van der Waals surface area contributed by atoms with Crippen LogP contribution in [-0.2, 0) is 18.3 Å². The number of benzene rings is 5. The minimum atomic E-state index is -0.000633. The van der Waals surface area contributed by atoms with Gasteiger partial charge in [-0.15, -0.1) is 0 Å². The molecule has 0 bridgehead atoms. The molecule has 290 valence electrons. The molecule has 9 rings (SSSR count). The Labute approximate surface area is 342 Å². The standard InChI is InChI=1S/C53H52N4O/c1-7-46-52(51-42(36-18-11-9-12-19-36)23-17-24-43(51)37-20-13-10-14-21-37)47(8-2)57(55-46)39-30-35(3)31-41(33-39)58-40-26-27-45-44-22-15-16-25-48(44)56(49(45)34-40)50-32-38(28-29-54-50)53(4,5)6/h9-16,18-23,25-34,43,51H,7-8,17,24H2,1-6H3/t43-,51?/m1/s1. The second kappa shape index (κ2) is 15.3. The lowest BCUT2D eigenvalue weighted by Crippen LogP contribution is -2.19. The summed E-state index contributed by atoms with van der Waals surface area (Å²) in [6.07, 6.45) is 8.29. The van der Waals surface area contributed by atoms with Crippen LogP contribution in [0.25, 0.3) is 38.9 Å². The highest BCUT2D eigenvalue weighted by molar-refractivity contribution is 6.09. The summed E-state index contributed by atoms with van der Waals surface area (Å²) in [6, 6.07) is 48.0. The molecule has 0 fully saturated rings. The summed E-state index contributed by atoms with van der Waals surface area (Å²) in [6.45, 7) is 13.4. The van der Waals surface area contributed by atoms with Crippen molar-refractivity contribution in [3.8, 4) is 23.0 Å². The predicted molar refractivity (Wildman–Crippen MR) is 240 cm³/mol. The van der Waals surface area contributed by atoms with Gasteiger partial charge in [-0.2, -0.15) is 5.10 Å². The minimum Gasteiger partial charge on any atom is -0.457 e. The molecule has 0 saturated heterocycles. The zero-order chi connectivity index (χ0) is 40.0. The Bertz CT molecular complexity index is 2780. The quantitative estimate of drug-likeness (QED) is 0.147. The summed E-state index contributed by atoms with van der Waals surface area (Å²) in [5, 5.41) is 7.81. The summed E-state index contributed by atoms with van der Waals surface area (Å²) in [4.78, 5) is 4.88. The van der Waals surface area contributed by atoms with Crippen molar-refractivity contribution in [1.29, 1.82) is 0 Å².